The van der Waals surface area contributed by atoms with Gasteiger partial charge in [-0.25, -0.2) is 13.7 Å². The van der Waals surface area contributed by atoms with Gasteiger partial charge in [0.25, 0.3) is 5.56 Å². The summed E-state index contributed by atoms with van der Waals surface area (Å²) in [7, 11) is -1.64. The third kappa shape index (κ3) is 5.82. The molecule has 0 amide bonds. The second-order valence-corrected chi connectivity index (χ2v) is 8.88. The maximum absolute atomic E-state index is 15.4. The molecule has 1 aromatic heterocycles. The highest BCUT2D eigenvalue weighted by Gasteiger charge is 2.56. The van der Waals surface area contributed by atoms with E-state index in [1.54, 1.807) is 37.3 Å². The standard InChI is InChI=1S/C21H25FN3O9P/c1-4-14(18(28)31-3)25(35(30)34-13-8-6-5-7-9-13)32-12-15-17(27)21(2,22)19(33-15)24-11-10-16(26)23-20(24)29/h5-11,14-15,17,19,27H,4,12H2,1-3H3/p+1/t14?,15-,17-,19-,21-/m1/s1. The molecule has 1 aliphatic rings. The van der Waals surface area contributed by atoms with Gasteiger partial charge in [0.1, 0.15) is 18.8 Å². The Balaban J connectivity index is 1.81. The van der Waals surface area contributed by atoms with Crippen LogP contribution >= 0.6 is 8.18 Å². The van der Waals surface area contributed by atoms with Gasteiger partial charge in [-0.05, 0) is 25.5 Å². The van der Waals surface area contributed by atoms with Crippen LogP contribution in [-0.4, -0.2) is 63.1 Å². The van der Waals surface area contributed by atoms with Crippen molar-refractivity contribution in [2.75, 3.05) is 13.7 Å². The molecule has 2 aromatic rings. The van der Waals surface area contributed by atoms with Crippen molar-refractivity contribution in [2.45, 2.75) is 50.4 Å². The minimum absolute atomic E-state index is 0.121. The fraction of sp³-hybridized carbons (Fsp3) is 0.476. The molecule has 1 fully saturated rings. The average Bonchev–Trinajstić information content (AvgIpc) is 3.05. The number of carbonyl (C=O) groups is 1. The van der Waals surface area contributed by atoms with Gasteiger partial charge in [-0.2, -0.15) is 0 Å². The number of ether oxygens (including phenoxy) is 2. The first-order valence-electron chi connectivity index (χ1n) is 10.6. The molecule has 0 radical (unpaired) electrons. The van der Waals surface area contributed by atoms with E-state index in [4.69, 9.17) is 18.8 Å². The molecule has 35 heavy (non-hydrogen) atoms. The van der Waals surface area contributed by atoms with Crippen LogP contribution in [0.25, 0.3) is 0 Å². The van der Waals surface area contributed by atoms with Crippen molar-refractivity contribution in [3.8, 4) is 5.75 Å². The summed E-state index contributed by atoms with van der Waals surface area (Å²) in [5.74, 6) is -0.513. The van der Waals surface area contributed by atoms with Crippen molar-refractivity contribution in [2.24, 2.45) is 0 Å². The lowest BCUT2D eigenvalue weighted by atomic mass is 9.98. The molecular formula is C21H26FN3O9P+. The topological polar surface area (TPSA) is 149 Å². The first kappa shape index (κ1) is 26.6. The van der Waals surface area contributed by atoms with E-state index in [9.17, 15) is 24.1 Å². The first-order chi connectivity index (χ1) is 16.6. The molecule has 14 heteroatoms. The van der Waals surface area contributed by atoms with Crippen molar-refractivity contribution >= 4 is 14.1 Å². The summed E-state index contributed by atoms with van der Waals surface area (Å²) < 4.78 is 44.9. The van der Waals surface area contributed by atoms with Crippen LogP contribution in [0.2, 0.25) is 0 Å². The molecule has 0 spiro atoms. The van der Waals surface area contributed by atoms with Crippen LogP contribution in [0.1, 0.15) is 26.5 Å². The Morgan fingerprint density at radius 2 is 2.03 bits per heavy atom. The number of alkyl halides is 1. The minimum Gasteiger partial charge on any atom is -0.468 e. The third-order valence-electron chi connectivity index (χ3n) is 5.41. The van der Waals surface area contributed by atoms with Gasteiger partial charge in [0.2, 0.25) is 0 Å². The number of H-pyrrole nitrogens is 1. The number of aromatic nitrogens is 2. The number of carbonyl (C=O) groups excluding carboxylic acids is 1. The van der Waals surface area contributed by atoms with E-state index in [1.165, 1.54) is 0 Å². The average molecular weight is 514 g/mol. The van der Waals surface area contributed by atoms with E-state index in [1.807, 2.05) is 4.98 Å². The van der Waals surface area contributed by atoms with Crippen molar-refractivity contribution in [3.63, 3.8) is 0 Å². The molecule has 2 heterocycles. The number of nitrogens with one attached hydrogen (secondary N) is 1. The molecule has 2 unspecified atom stereocenters. The maximum atomic E-state index is 15.4. The first-order valence-corrected chi connectivity index (χ1v) is 11.8. The third-order valence-corrected chi connectivity index (χ3v) is 6.49. The molecule has 190 valence electrons. The summed E-state index contributed by atoms with van der Waals surface area (Å²) in [6, 6.07) is 8.00. The number of aromatic amines is 1. The lowest BCUT2D eigenvalue weighted by Gasteiger charge is -2.24. The molecule has 1 saturated heterocycles. The van der Waals surface area contributed by atoms with Gasteiger partial charge in [0.15, 0.2) is 23.7 Å². The van der Waals surface area contributed by atoms with Gasteiger partial charge in [0.05, 0.1) is 11.9 Å². The lowest BCUT2D eigenvalue weighted by molar-refractivity contribution is -0.181. The quantitative estimate of drug-likeness (QED) is 0.271. The van der Waals surface area contributed by atoms with Crippen LogP contribution in [0.4, 0.5) is 4.39 Å². The van der Waals surface area contributed by atoms with E-state index >= 15 is 4.39 Å². The van der Waals surface area contributed by atoms with Crippen LogP contribution in [0, 0.1) is 0 Å². The second kappa shape index (κ2) is 11.2. The number of aliphatic hydroxyl groups is 1. The molecule has 0 saturated carbocycles. The molecule has 12 nitrogen and oxygen atoms in total. The Kier molecular flexibility index (Phi) is 8.51. The summed E-state index contributed by atoms with van der Waals surface area (Å²) in [5, 5.41) is 10.6. The van der Waals surface area contributed by atoms with Crippen molar-refractivity contribution < 1.29 is 37.7 Å². The van der Waals surface area contributed by atoms with Gasteiger partial charge in [-0.15, -0.1) is 0 Å². The molecule has 0 bridgehead atoms. The highest BCUT2D eigenvalue weighted by molar-refractivity contribution is 7.36. The number of hydrogen-bond donors (Lipinski definition) is 2. The number of hydroxylamine groups is 1. The zero-order valence-electron chi connectivity index (χ0n) is 19.2. The number of aliphatic hydroxyl groups excluding tert-OH is 1. The Morgan fingerprint density at radius 3 is 2.63 bits per heavy atom. The van der Waals surface area contributed by atoms with Crippen LogP contribution in [0.15, 0.2) is 52.2 Å². The zero-order valence-corrected chi connectivity index (χ0v) is 20.1. The van der Waals surface area contributed by atoms with E-state index in [-0.39, 0.29) is 12.2 Å². The van der Waals surface area contributed by atoms with E-state index in [0.717, 1.165) is 35.7 Å². The Hall–Kier alpha value is -2.96. The molecule has 1 aromatic carbocycles. The lowest BCUT2D eigenvalue weighted by Crippen LogP contribution is -2.44. The van der Waals surface area contributed by atoms with Crippen molar-refractivity contribution in [3.05, 3.63) is 63.4 Å². The smallest absolute Gasteiger partial charge is 0.468 e. The number of halogens is 1. The molecular weight excluding hydrogens is 488 g/mol. The van der Waals surface area contributed by atoms with Crippen molar-refractivity contribution in [1.29, 1.82) is 0 Å². The summed E-state index contributed by atoms with van der Waals surface area (Å²) in [4.78, 5) is 44.1. The second-order valence-electron chi connectivity index (χ2n) is 7.83. The Labute approximate surface area is 200 Å². The summed E-state index contributed by atoms with van der Waals surface area (Å²) in [6.07, 6.45) is -3.55. The van der Waals surface area contributed by atoms with E-state index in [0.29, 0.717) is 0 Å². The van der Waals surface area contributed by atoms with Crippen LogP contribution in [0.3, 0.4) is 0 Å². The fourth-order valence-electron chi connectivity index (χ4n) is 3.52. The van der Waals surface area contributed by atoms with Crippen LogP contribution < -0.4 is 15.8 Å². The normalized spacial score (nSPS) is 25.3. The molecule has 0 aliphatic carbocycles. The predicted molar refractivity (Wildman–Crippen MR) is 119 cm³/mol. The predicted octanol–water partition coefficient (Wildman–Crippen LogP) is 1.44. The van der Waals surface area contributed by atoms with Crippen molar-refractivity contribution in [1.82, 2.24) is 14.4 Å². The highest BCUT2D eigenvalue weighted by Crippen LogP contribution is 2.41. The number of methoxy groups -OCH3 is 1. The van der Waals surface area contributed by atoms with Gasteiger partial charge in [-0.3, -0.25) is 24.0 Å². The van der Waals surface area contributed by atoms with Gasteiger partial charge in [-0.1, -0.05) is 25.1 Å². The number of para-hydroxylation sites is 1. The fourth-order valence-corrected chi connectivity index (χ4v) is 4.55. The van der Waals surface area contributed by atoms with Gasteiger partial charge >= 0.3 is 19.8 Å². The van der Waals surface area contributed by atoms with Crippen LogP contribution in [0.5, 0.6) is 5.75 Å². The zero-order chi connectivity index (χ0) is 25.8. The summed E-state index contributed by atoms with van der Waals surface area (Å²) in [6.45, 7) is 2.10. The molecule has 3 rings (SSSR count). The molecule has 1 aliphatic heterocycles. The minimum atomic E-state index is -2.79. The summed E-state index contributed by atoms with van der Waals surface area (Å²) >= 11 is 0. The van der Waals surface area contributed by atoms with Gasteiger partial charge in [0, 0.05) is 16.8 Å². The van der Waals surface area contributed by atoms with E-state index < -0.39 is 62.2 Å². The highest BCUT2D eigenvalue weighted by atomic mass is 31.1. The monoisotopic (exact) mass is 514 g/mol. The number of rotatable bonds is 10. The molecule has 6 atom stereocenters. The van der Waals surface area contributed by atoms with Gasteiger partial charge < -0.3 is 14.6 Å². The number of benzene rings is 1. The SMILES string of the molecule is CCC(C(=O)OC)N(OC[C@H]1O[C@@H](n2ccc(=O)[nH]c2=O)[C@](C)(F)[C@@H]1O)[P+](=O)Oc1ccccc1. The summed E-state index contributed by atoms with van der Waals surface area (Å²) in [5.41, 5.74) is -4.08. The number of hydrogen-bond acceptors (Lipinski definition) is 9. The molecule has 2 N–H and O–H groups in total. The number of nitrogens with zero attached hydrogens (tertiary/aromatic N) is 2. The number of esters is 1. The Bertz CT molecular complexity index is 1160. The van der Waals surface area contributed by atoms with Crippen LogP contribution in [-0.2, 0) is 23.7 Å². The Morgan fingerprint density at radius 1 is 1.34 bits per heavy atom. The maximum Gasteiger partial charge on any atom is 0.693 e. The van der Waals surface area contributed by atoms with E-state index in [2.05, 4.69) is 0 Å². The largest absolute Gasteiger partial charge is 0.693 e.